The summed E-state index contributed by atoms with van der Waals surface area (Å²) in [6.07, 6.45) is 1.64. The number of anilines is 1. The number of nitrogens with zero attached hydrogens (tertiary/aromatic N) is 1. The predicted molar refractivity (Wildman–Crippen MR) is 95.1 cm³/mol. The number of ether oxygens (including phenoxy) is 1. The summed E-state index contributed by atoms with van der Waals surface area (Å²) in [5, 5.41) is 15.5. The monoisotopic (exact) mass is 320 g/mol. The van der Waals surface area contributed by atoms with Gasteiger partial charge in [0.15, 0.2) is 0 Å². The molecule has 0 spiro atoms. The minimum atomic E-state index is -1.00. The molecule has 3 aromatic rings. The van der Waals surface area contributed by atoms with Gasteiger partial charge < -0.3 is 9.84 Å². The van der Waals surface area contributed by atoms with Gasteiger partial charge >= 0.3 is 5.97 Å². The van der Waals surface area contributed by atoms with E-state index in [1.807, 2.05) is 36.4 Å². The minimum Gasteiger partial charge on any atom is -0.496 e. The summed E-state index contributed by atoms with van der Waals surface area (Å²) in [4.78, 5) is 11.2. The van der Waals surface area contributed by atoms with Crippen LogP contribution in [-0.2, 0) is 0 Å². The summed E-state index contributed by atoms with van der Waals surface area (Å²) in [7, 11) is 1.61. The summed E-state index contributed by atoms with van der Waals surface area (Å²) in [6.45, 7) is 0. The van der Waals surface area contributed by atoms with E-state index in [2.05, 4.69) is 10.5 Å². The number of carboxylic acid groups (broad SMARTS) is 1. The number of rotatable bonds is 5. The van der Waals surface area contributed by atoms with Crippen molar-refractivity contribution < 1.29 is 14.6 Å². The normalized spacial score (nSPS) is 10.9. The molecule has 0 saturated heterocycles. The third kappa shape index (κ3) is 3.05. The fraction of sp³-hybridized carbons (Fsp3) is 0.0526. The van der Waals surface area contributed by atoms with E-state index < -0.39 is 5.97 Å². The lowest BCUT2D eigenvalue weighted by atomic mass is 10.0. The summed E-state index contributed by atoms with van der Waals surface area (Å²) < 4.78 is 5.41. The molecule has 0 amide bonds. The summed E-state index contributed by atoms with van der Waals surface area (Å²) in [6, 6.07) is 18.4. The number of methoxy groups -OCH3 is 1. The number of carboxylic acids is 1. The fourth-order valence-corrected chi connectivity index (χ4v) is 2.52. The number of carbonyl (C=O) groups is 1. The Kier molecular flexibility index (Phi) is 4.43. The Balaban J connectivity index is 1.95. The van der Waals surface area contributed by atoms with Crippen molar-refractivity contribution in [3.63, 3.8) is 0 Å². The van der Waals surface area contributed by atoms with Crippen molar-refractivity contribution >= 4 is 28.6 Å². The second kappa shape index (κ2) is 6.83. The molecule has 0 aliphatic rings. The molecule has 0 unspecified atom stereocenters. The minimum absolute atomic E-state index is 0.166. The Labute approximate surface area is 139 Å². The number of nitrogens with one attached hydrogen (secondary N) is 1. The molecule has 120 valence electrons. The van der Waals surface area contributed by atoms with Crippen molar-refractivity contribution in [1.82, 2.24) is 0 Å². The van der Waals surface area contributed by atoms with E-state index in [4.69, 9.17) is 4.74 Å². The van der Waals surface area contributed by atoms with Gasteiger partial charge in [0.2, 0.25) is 0 Å². The van der Waals surface area contributed by atoms with Crippen molar-refractivity contribution in [2.75, 3.05) is 12.5 Å². The van der Waals surface area contributed by atoms with E-state index in [-0.39, 0.29) is 5.56 Å². The molecule has 24 heavy (non-hydrogen) atoms. The first-order valence-electron chi connectivity index (χ1n) is 7.38. The second-order valence-electron chi connectivity index (χ2n) is 5.12. The highest BCUT2D eigenvalue weighted by Gasteiger charge is 2.09. The number of hydrogen-bond donors (Lipinski definition) is 2. The van der Waals surface area contributed by atoms with Crippen molar-refractivity contribution in [1.29, 1.82) is 0 Å². The third-order valence-electron chi connectivity index (χ3n) is 3.69. The van der Waals surface area contributed by atoms with Crippen LogP contribution in [0.5, 0.6) is 5.75 Å². The second-order valence-corrected chi connectivity index (χ2v) is 5.12. The fourth-order valence-electron chi connectivity index (χ4n) is 2.52. The van der Waals surface area contributed by atoms with Gasteiger partial charge in [-0.2, -0.15) is 5.10 Å². The molecule has 0 aliphatic heterocycles. The number of hydrogen-bond acceptors (Lipinski definition) is 4. The zero-order valence-corrected chi connectivity index (χ0v) is 13.1. The lowest BCUT2D eigenvalue weighted by molar-refractivity contribution is 0.0698. The Morgan fingerprint density at radius 3 is 2.62 bits per heavy atom. The van der Waals surface area contributed by atoms with Gasteiger partial charge in [-0.3, -0.25) is 5.43 Å². The van der Waals surface area contributed by atoms with Crippen LogP contribution in [0.4, 0.5) is 5.69 Å². The number of fused-ring (bicyclic) bond motifs is 1. The molecule has 3 aromatic carbocycles. The lowest BCUT2D eigenvalue weighted by Gasteiger charge is -2.09. The zero-order chi connectivity index (χ0) is 16.9. The van der Waals surface area contributed by atoms with E-state index in [0.29, 0.717) is 11.4 Å². The molecule has 0 radical (unpaired) electrons. The Hall–Kier alpha value is -3.34. The van der Waals surface area contributed by atoms with Gasteiger partial charge in [-0.15, -0.1) is 0 Å². The molecule has 5 heteroatoms. The number of hydrazone groups is 1. The number of benzene rings is 3. The predicted octanol–water partition coefficient (Wildman–Crippen LogP) is 3.99. The molecular formula is C19H16N2O3. The molecule has 2 N–H and O–H groups in total. The third-order valence-corrected chi connectivity index (χ3v) is 3.69. The molecule has 0 fully saturated rings. The molecular weight excluding hydrogens is 304 g/mol. The van der Waals surface area contributed by atoms with E-state index in [1.165, 1.54) is 6.07 Å². The molecule has 0 aliphatic carbocycles. The van der Waals surface area contributed by atoms with Gasteiger partial charge in [0.25, 0.3) is 0 Å². The highest BCUT2D eigenvalue weighted by atomic mass is 16.5. The average Bonchev–Trinajstić information content (AvgIpc) is 2.62. The van der Waals surface area contributed by atoms with Crippen LogP contribution in [-0.4, -0.2) is 24.4 Å². The maximum absolute atomic E-state index is 11.2. The van der Waals surface area contributed by atoms with Crippen molar-refractivity contribution in [3.05, 3.63) is 71.8 Å². The quantitative estimate of drug-likeness (QED) is 0.551. The first kappa shape index (κ1) is 15.6. The molecule has 0 bridgehead atoms. The SMILES string of the molecule is COc1ccc2ccccc2c1/C=N/Nc1ccccc1C(=O)O. The Morgan fingerprint density at radius 2 is 1.83 bits per heavy atom. The largest absolute Gasteiger partial charge is 0.496 e. The highest BCUT2D eigenvalue weighted by Crippen LogP contribution is 2.26. The van der Waals surface area contributed by atoms with Crippen molar-refractivity contribution in [2.24, 2.45) is 5.10 Å². The summed E-state index contributed by atoms with van der Waals surface area (Å²) in [5.41, 5.74) is 4.22. The van der Waals surface area contributed by atoms with Crippen LogP contribution in [0.2, 0.25) is 0 Å². The maximum atomic E-state index is 11.2. The smallest absolute Gasteiger partial charge is 0.337 e. The highest BCUT2D eigenvalue weighted by molar-refractivity contribution is 6.02. The molecule has 0 heterocycles. The van der Waals surface area contributed by atoms with Gasteiger partial charge in [-0.05, 0) is 29.0 Å². The van der Waals surface area contributed by atoms with Crippen molar-refractivity contribution in [3.8, 4) is 5.75 Å². The first-order valence-corrected chi connectivity index (χ1v) is 7.38. The van der Waals surface area contributed by atoms with E-state index in [0.717, 1.165) is 16.3 Å². The van der Waals surface area contributed by atoms with Crippen LogP contribution in [0.15, 0.2) is 65.8 Å². The van der Waals surface area contributed by atoms with Crippen LogP contribution < -0.4 is 10.2 Å². The summed E-state index contributed by atoms with van der Waals surface area (Å²) >= 11 is 0. The van der Waals surface area contributed by atoms with E-state index in [1.54, 1.807) is 31.5 Å². The Bertz CT molecular complexity index is 919. The van der Waals surface area contributed by atoms with Gasteiger partial charge in [0, 0.05) is 5.56 Å². The first-order chi connectivity index (χ1) is 11.7. The van der Waals surface area contributed by atoms with Crippen LogP contribution in [0.25, 0.3) is 10.8 Å². The van der Waals surface area contributed by atoms with Gasteiger partial charge in [0.05, 0.1) is 24.6 Å². The van der Waals surface area contributed by atoms with Crippen LogP contribution >= 0.6 is 0 Å². The summed E-state index contributed by atoms with van der Waals surface area (Å²) in [5.74, 6) is -0.304. The van der Waals surface area contributed by atoms with Gasteiger partial charge in [-0.25, -0.2) is 4.79 Å². The topological polar surface area (TPSA) is 70.9 Å². The number of para-hydroxylation sites is 1. The number of aromatic carboxylic acids is 1. The molecule has 0 atom stereocenters. The van der Waals surface area contributed by atoms with Crippen molar-refractivity contribution in [2.45, 2.75) is 0 Å². The lowest BCUT2D eigenvalue weighted by Crippen LogP contribution is -2.02. The van der Waals surface area contributed by atoms with Gasteiger partial charge in [-0.1, -0.05) is 42.5 Å². The zero-order valence-electron chi connectivity index (χ0n) is 13.1. The van der Waals surface area contributed by atoms with Gasteiger partial charge in [0.1, 0.15) is 5.75 Å². The maximum Gasteiger partial charge on any atom is 0.337 e. The molecule has 0 saturated carbocycles. The van der Waals surface area contributed by atoms with E-state index >= 15 is 0 Å². The average molecular weight is 320 g/mol. The van der Waals surface area contributed by atoms with Crippen LogP contribution in [0.3, 0.4) is 0 Å². The molecule has 5 nitrogen and oxygen atoms in total. The van der Waals surface area contributed by atoms with Crippen LogP contribution in [0.1, 0.15) is 15.9 Å². The standard InChI is InChI=1S/C19H16N2O3/c1-24-18-11-10-13-6-2-3-7-14(13)16(18)12-20-21-17-9-5-4-8-15(17)19(22)23/h2-12,21H,1H3,(H,22,23)/b20-12+. The Morgan fingerprint density at radius 1 is 1.08 bits per heavy atom. The van der Waals surface area contributed by atoms with E-state index in [9.17, 15) is 9.90 Å². The van der Waals surface area contributed by atoms with Crippen LogP contribution in [0, 0.1) is 0 Å². The molecule has 3 rings (SSSR count). The molecule has 0 aromatic heterocycles.